The van der Waals surface area contributed by atoms with Gasteiger partial charge in [-0.25, -0.2) is 0 Å². The maximum absolute atomic E-state index is 11.5. The van der Waals surface area contributed by atoms with Gasteiger partial charge >= 0.3 is 8.25 Å². The van der Waals surface area contributed by atoms with Crippen LogP contribution < -0.4 is 0 Å². The van der Waals surface area contributed by atoms with E-state index in [0.29, 0.717) is 13.2 Å². The lowest BCUT2D eigenvalue weighted by Crippen LogP contribution is -1.92. The first kappa shape index (κ1) is 27.1. The smallest absolute Gasteiger partial charge is 0.311 e. The molecule has 0 saturated heterocycles. The Kier molecular flexibility index (Phi) is 21.7. The molecule has 3 nitrogen and oxygen atoms in total. The van der Waals surface area contributed by atoms with Crippen molar-refractivity contribution in [1.29, 1.82) is 0 Å². The molecule has 0 heterocycles. The van der Waals surface area contributed by atoms with Gasteiger partial charge in [-0.15, -0.1) is 0 Å². The highest BCUT2D eigenvalue weighted by molar-refractivity contribution is 7.33. The Bertz CT molecular complexity index is 442. The third-order valence-corrected chi connectivity index (χ3v) is 5.35. The molecule has 0 saturated carbocycles. The third kappa shape index (κ3) is 19.9. The summed E-state index contributed by atoms with van der Waals surface area (Å²) >= 11 is 0. The lowest BCUT2D eigenvalue weighted by atomic mass is 10.1. The average molecular weight is 411 g/mol. The fourth-order valence-corrected chi connectivity index (χ4v) is 3.41. The van der Waals surface area contributed by atoms with Crippen molar-refractivity contribution in [2.24, 2.45) is 0 Å². The van der Waals surface area contributed by atoms with Gasteiger partial charge in [-0.3, -0.25) is 4.57 Å². The van der Waals surface area contributed by atoms with E-state index in [1.54, 1.807) is 0 Å². The van der Waals surface area contributed by atoms with Crippen LogP contribution in [0.5, 0.6) is 0 Å². The van der Waals surface area contributed by atoms with Crippen LogP contribution in [0.25, 0.3) is 6.08 Å². The summed E-state index contributed by atoms with van der Waals surface area (Å²) in [5, 5.41) is 0. The van der Waals surface area contributed by atoms with Crippen molar-refractivity contribution in [3.05, 3.63) is 42.5 Å². The van der Waals surface area contributed by atoms with Crippen molar-refractivity contribution in [2.45, 2.75) is 90.9 Å². The zero-order chi connectivity index (χ0) is 20.7. The standard InChI is InChI=1S/C16H35O3P.C8H8/c1-3-5-7-9-11-13-15-18-20(17)19-16-14-12-10-8-6-4-2;1-2-8-6-4-3-5-7-8/h20H,3-16H2,1-2H3;2-7H,1H2. The van der Waals surface area contributed by atoms with E-state index in [0.717, 1.165) is 12.8 Å². The van der Waals surface area contributed by atoms with Crippen LogP contribution in [-0.2, 0) is 13.6 Å². The maximum Gasteiger partial charge on any atom is 0.319 e. The Labute approximate surface area is 174 Å². The van der Waals surface area contributed by atoms with E-state index in [2.05, 4.69) is 20.4 Å². The van der Waals surface area contributed by atoms with Gasteiger partial charge in [-0.05, 0) is 18.4 Å². The van der Waals surface area contributed by atoms with E-state index >= 15 is 0 Å². The molecule has 0 amide bonds. The van der Waals surface area contributed by atoms with Crippen molar-refractivity contribution in [3.63, 3.8) is 0 Å². The molecule has 0 fully saturated rings. The fourth-order valence-electron chi connectivity index (χ4n) is 2.71. The van der Waals surface area contributed by atoms with Crippen LogP contribution in [0.4, 0.5) is 0 Å². The third-order valence-electron chi connectivity index (χ3n) is 4.47. The molecule has 0 bridgehead atoms. The van der Waals surface area contributed by atoms with Crippen LogP contribution in [-0.4, -0.2) is 13.2 Å². The topological polar surface area (TPSA) is 35.5 Å². The molecular formula is C24H43O3P. The quantitative estimate of drug-likeness (QED) is 0.191. The summed E-state index contributed by atoms with van der Waals surface area (Å²) in [6.45, 7) is 9.24. The van der Waals surface area contributed by atoms with Crippen molar-refractivity contribution < 1.29 is 13.6 Å². The molecule has 0 aromatic heterocycles. The monoisotopic (exact) mass is 410 g/mol. The van der Waals surface area contributed by atoms with E-state index in [9.17, 15) is 4.57 Å². The average Bonchev–Trinajstić information content (AvgIpc) is 2.73. The van der Waals surface area contributed by atoms with Crippen molar-refractivity contribution in [1.82, 2.24) is 0 Å². The van der Waals surface area contributed by atoms with E-state index in [1.807, 2.05) is 36.4 Å². The first-order valence-electron chi connectivity index (χ1n) is 11.2. The molecule has 1 aromatic rings. The van der Waals surface area contributed by atoms with Crippen LogP contribution in [0.1, 0.15) is 96.5 Å². The molecular weight excluding hydrogens is 367 g/mol. The highest BCUT2D eigenvalue weighted by atomic mass is 31.1. The zero-order valence-corrected chi connectivity index (χ0v) is 19.3. The van der Waals surface area contributed by atoms with Gasteiger partial charge < -0.3 is 9.05 Å². The summed E-state index contributed by atoms with van der Waals surface area (Å²) in [4.78, 5) is 0. The fraction of sp³-hybridized carbons (Fsp3) is 0.667. The van der Waals surface area contributed by atoms with E-state index in [4.69, 9.17) is 9.05 Å². The van der Waals surface area contributed by atoms with Gasteiger partial charge in [0.1, 0.15) is 0 Å². The largest absolute Gasteiger partial charge is 0.319 e. The highest BCUT2D eigenvalue weighted by Crippen LogP contribution is 2.24. The van der Waals surface area contributed by atoms with Crippen molar-refractivity contribution >= 4 is 14.3 Å². The van der Waals surface area contributed by atoms with Gasteiger partial charge in [-0.2, -0.15) is 0 Å². The molecule has 0 N–H and O–H groups in total. The molecule has 0 radical (unpaired) electrons. The number of rotatable bonds is 17. The van der Waals surface area contributed by atoms with Crippen LogP contribution in [0, 0.1) is 0 Å². The summed E-state index contributed by atoms with van der Waals surface area (Å²) in [5.41, 5.74) is 1.17. The number of hydrogen-bond acceptors (Lipinski definition) is 3. The van der Waals surface area contributed by atoms with Gasteiger partial charge in [0.2, 0.25) is 0 Å². The summed E-state index contributed by atoms with van der Waals surface area (Å²) in [7, 11) is -2.23. The molecule has 0 unspecified atom stereocenters. The molecule has 0 aliphatic heterocycles. The Balaban J connectivity index is 0.000000749. The van der Waals surface area contributed by atoms with E-state index in [1.165, 1.54) is 69.8 Å². The van der Waals surface area contributed by atoms with Gasteiger partial charge in [0.05, 0.1) is 13.2 Å². The minimum Gasteiger partial charge on any atom is -0.311 e. The summed E-state index contributed by atoms with van der Waals surface area (Å²) in [6.07, 6.45) is 16.5. The van der Waals surface area contributed by atoms with Crippen LogP contribution in [0.3, 0.4) is 0 Å². The minimum absolute atomic E-state index is 0.584. The molecule has 28 heavy (non-hydrogen) atoms. The van der Waals surface area contributed by atoms with Gasteiger partial charge in [0.15, 0.2) is 0 Å². The predicted molar refractivity (Wildman–Crippen MR) is 124 cm³/mol. The second-order valence-corrected chi connectivity index (χ2v) is 8.17. The molecule has 0 atom stereocenters. The second kappa shape index (κ2) is 22.4. The maximum atomic E-state index is 11.5. The summed E-state index contributed by atoms with van der Waals surface area (Å²) in [5.74, 6) is 0. The van der Waals surface area contributed by atoms with Crippen molar-refractivity contribution in [2.75, 3.05) is 13.2 Å². The highest BCUT2D eigenvalue weighted by Gasteiger charge is 2.00. The molecule has 1 aromatic carbocycles. The van der Waals surface area contributed by atoms with E-state index in [-0.39, 0.29) is 0 Å². The molecule has 0 aliphatic rings. The first-order valence-corrected chi connectivity index (χ1v) is 12.4. The molecule has 0 spiro atoms. The minimum atomic E-state index is -2.23. The Hall–Kier alpha value is -0.890. The lowest BCUT2D eigenvalue weighted by Gasteiger charge is -2.06. The van der Waals surface area contributed by atoms with Gasteiger partial charge in [0, 0.05) is 0 Å². The molecule has 162 valence electrons. The second-order valence-electron chi connectivity index (χ2n) is 7.10. The molecule has 1 rings (SSSR count). The summed E-state index contributed by atoms with van der Waals surface area (Å²) < 4.78 is 21.9. The van der Waals surface area contributed by atoms with Gasteiger partial charge in [0.25, 0.3) is 0 Å². The Morgan fingerprint density at radius 3 is 1.57 bits per heavy atom. The van der Waals surface area contributed by atoms with E-state index < -0.39 is 8.25 Å². The van der Waals surface area contributed by atoms with Crippen LogP contribution in [0.15, 0.2) is 36.9 Å². The van der Waals surface area contributed by atoms with Crippen LogP contribution in [0.2, 0.25) is 0 Å². The van der Waals surface area contributed by atoms with Crippen molar-refractivity contribution in [3.8, 4) is 0 Å². The molecule has 0 aliphatic carbocycles. The Morgan fingerprint density at radius 1 is 0.750 bits per heavy atom. The molecule has 4 heteroatoms. The number of hydrogen-bond donors (Lipinski definition) is 0. The predicted octanol–water partition coefficient (Wildman–Crippen LogP) is 8.46. The zero-order valence-electron chi connectivity index (χ0n) is 18.3. The normalized spacial score (nSPS) is 10.5. The SMILES string of the molecule is C=Cc1ccccc1.CCCCCCCCO[PH](=O)OCCCCCCCC. The lowest BCUT2D eigenvalue weighted by molar-refractivity contribution is 0.218. The Morgan fingerprint density at radius 2 is 1.18 bits per heavy atom. The van der Waals surface area contributed by atoms with Gasteiger partial charge in [-0.1, -0.05) is 121 Å². The summed E-state index contributed by atoms with van der Waals surface area (Å²) in [6, 6.07) is 10.0. The number of unbranched alkanes of at least 4 members (excludes halogenated alkanes) is 10. The van der Waals surface area contributed by atoms with Crippen LogP contribution >= 0.6 is 8.25 Å². The number of benzene rings is 1. The first-order chi connectivity index (χ1) is 13.7.